The molecule has 2 amide bonds. The first kappa shape index (κ1) is 20.2. The molecule has 1 aromatic rings. The molecule has 9 heteroatoms. The molecule has 1 heterocycles. The van der Waals surface area contributed by atoms with Gasteiger partial charge in [-0.3, -0.25) is 24.1 Å². The van der Waals surface area contributed by atoms with Gasteiger partial charge in [-0.2, -0.15) is 0 Å². The van der Waals surface area contributed by atoms with Crippen LogP contribution in [0.1, 0.15) is 16.8 Å². The summed E-state index contributed by atoms with van der Waals surface area (Å²) < 4.78 is 5.85. The van der Waals surface area contributed by atoms with Crippen molar-refractivity contribution >= 4 is 71.4 Å². The number of ketones is 1. The number of hydrogen-bond donors (Lipinski definition) is 0. The fourth-order valence-corrected chi connectivity index (χ4v) is 6.74. The highest BCUT2D eigenvalue weighted by atomic mass is 79.9. The normalized spacial score (nSPS) is 33.3. The summed E-state index contributed by atoms with van der Waals surface area (Å²) in [7, 11) is 0. The van der Waals surface area contributed by atoms with Gasteiger partial charge in [0, 0.05) is 19.7 Å². The van der Waals surface area contributed by atoms with Crippen LogP contribution in [0.15, 0.2) is 28.7 Å². The van der Waals surface area contributed by atoms with Crippen molar-refractivity contribution < 1.29 is 23.9 Å². The van der Waals surface area contributed by atoms with E-state index in [1.54, 1.807) is 24.3 Å². The van der Waals surface area contributed by atoms with Crippen LogP contribution in [0.3, 0.4) is 0 Å². The average molecular weight is 578 g/mol. The number of fused-ring (bicyclic) bond motifs is 5. The van der Waals surface area contributed by atoms with Crippen LogP contribution in [-0.2, 0) is 19.1 Å². The minimum atomic E-state index is -0.759. The molecule has 0 unspecified atom stereocenters. The number of rotatable bonds is 5. The van der Waals surface area contributed by atoms with Crippen molar-refractivity contribution in [1.29, 1.82) is 0 Å². The standard InChI is InChI=1S/C19H16Br3NO5/c20-9-3-1-8(2-4-9)12(24)7-28-13(25)6-23-18(26)14-10-5-11(15(14)19(23)27)17(22)16(10)21/h1-4,10-11,14-17H,5-7H2/t10-,11-,14-,15+,16-,17+/m0/s1. The van der Waals surface area contributed by atoms with E-state index >= 15 is 0 Å². The molecule has 28 heavy (non-hydrogen) atoms. The van der Waals surface area contributed by atoms with Crippen LogP contribution in [0.5, 0.6) is 0 Å². The number of imide groups is 1. The molecular formula is C19H16Br3NO5. The second-order valence-corrected chi connectivity index (χ2v) is 10.4. The highest BCUT2D eigenvalue weighted by Gasteiger charge is 2.66. The van der Waals surface area contributed by atoms with E-state index in [1.165, 1.54) is 0 Å². The van der Waals surface area contributed by atoms with Crippen LogP contribution >= 0.6 is 47.8 Å². The fraction of sp³-hybridized carbons (Fsp3) is 0.474. The van der Waals surface area contributed by atoms with Crippen molar-refractivity contribution in [2.24, 2.45) is 23.7 Å². The Bertz CT molecular complexity index is 826. The molecule has 0 N–H and O–H groups in total. The smallest absolute Gasteiger partial charge is 0.326 e. The van der Waals surface area contributed by atoms with E-state index in [0.717, 1.165) is 15.8 Å². The van der Waals surface area contributed by atoms with Crippen LogP contribution in [0.25, 0.3) is 0 Å². The van der Waals surface area contributed by atoms with Gasteiger partial charge < -0.3 is 4.74 Å². The summed E-state index contributed by atoms with van der Waals surface area (Å²) in [6.45, 7) is -0.876. The molecule has 0 spiro atoms. The molecule has 0 radical (unpaired) electrons. The van der Waals surface area contributed by atoms with E-state index in [4.69, 9.17) is 4.74 Å². The van der Waals surface area contributed by atoms with Crippen molar-refractivity contribution in [3.05, 3.63) is 34.3 Å². The van der Waals surface area contributed by atoms with Crippen molar-refractivity contribution in [2.75, 3.05) is 13.2 Å². The molecule has 1 saturated heterocycles. The van der Waals surface area contributed by atoms with E-state index in [-0.39, 0.29) is 50.9 Å². The summed E-state index contributed by atoms with van der Waals surface area (Å²) in [5, 5.41) is 0. The Balaban J connectivity index is 1.36. The second kappa shape index (κ2) is 7.65. The Hall–Kier alpha value is -1.06. The maximum atomic E-state index is 12.8. The molecule has 4 rings (SSSR count). The molecule has 6 nitrogen and oxygen atoms in total. The second-order valence-electron chi connectivity index (χ2n) is 7.36. The number of halogens is 3. The number of ether oxygens (including phenoxy) is 1. The molecular weight excluding hydrogens is 562 g/mol. The number of carbonyl (C=O) groups excluding carboxylic acids is 4. The maximum absolute atomic E-state index is 12.8. The quantitative estimate of drug-likeness (QED) is 0.233. The third kappa shape index (κ3) is 3.29. The highest BCUT2D eigenvalue weighted by Crippen LogP contribution is 2.60. The van der Waals surface area contributed by atoms with Crippen molar-refractivity contribution in [1.82, 2.24) is 4.90 Å². The first-order chi connectivity index (χ1) is 13.3. The molecule has 2 bridgehead atoms. The Labute approximate surface area is 186 Å². The number of nitrogens with zero attached hydrogens (tertiary/aromatic N) is 1. The summed E-state index contributed by atoms with van der Waals surface area (Å²) in [4.78, 5) is 51.1. The predicted octanol–water partition coefficient (Wildman–Crippen LogP) is 2.95. The molecule has 1 aromatic carbocycles. The van der Waals surface area contributed by atoms with E-state index < -0.39 is 19.1 Å². The Kier molecular flexibility index (Phi) is 5.52. The summed E-state index contributed by atoms with van der Waals surface area (Å²) in [6, 6.07) is 6.69. The summed E-state index contributed by atoms with van der Waals surface area (Å²) in [5.74, 6) is -2.26. The largest absolute Gasteiger partial charge is 0.456 e. The van der Waals surface area contributed by atoms with Crippen molar-refractivity contribution in [3.63, 3.8) is 0 Å². The Morgan fingerprint density at radius 3 is 2.07 bits per heavy atom. The van der Waals surface area contributed by atoms with Crippen LogP contribution in [0, 0.1) is 23.7 Å². The lowest BCUT2D eigenvalue weighted by molar-refractivity contribution is -0.152. The van der Waals surface area contributed by atoms with E-state index in [9.17, 15) is 19.2 Å². The van der Waals surface area contributed by atoms with E-state index in [1.807, 2.05) is 0 Å². The zero-order chi connectivity index (χ0) is 20.2. The molecule has 2 saturated carbocycles. The van der Waals surface area contributed by atoms with Crippen LogP contribution < -0.4 is 0 Å². The van der Waals surface area contributed by atoms with Crippen molar-refractivity contribution in [2.45, 2.75) is 16.1 Å². The lowest BCUT2D eigenvalue weighted by atomic mass is 9.81. The third-order valence-electron chi connectivity index (χ3n) is 5.90. The summed E-state index contributed by atoms with van der Waals surface area (Å²) in [5.41, 5.74) is 0.419. The van der Waals surface area contributed by atoms with Gasteiger partial charge >= 0.3 is 5.97 Å². The zero-order valence-corrected chi connectivity index (χ0v) is 19.3. The van der Waals surface area contributed by atoms with Crippen LogP contribution in [0.2, 0.25) is 0 Å². The number of Topliss-reactive ketones (excluding diaryl/α,β-unsaturated/α-hetero) is 1. The SMILES string of the molecule is O=C(CN1C(=O)[C@@H]2[C@@H]3C[C@H]([C@H](Br)[C@@H]3Br)[C@@H]2C1=O)OCC(=O)c1ccc(Br)cc1. The van der Waals surface area contributed by atoms with Gasteiger partial charge in [0.2, 0.25) is 11.8 Å². The molecule has 1 aliphatic heterocycles. The number of esters is 1. The van der Waals surface area contributed by atoms with Crippen LogP contribution in [-0.4, -0.2) is 51.3 Å². The van der Waals surface area contributed by atoms with Gasteiger partial charge in [0.25, 0.3) is 0 Å². The number of amides is 2. The average Bonchev–Trinajstić information content (AvgIpc) is 3.27. The number of alkyl halides is 2. The Morgan fingerprint density at radius 1 is 1.00 bits per heavy atom. The molecule has 0 aromatic heterocycles. The molecule has 3 aliphatic rings. The van der Waals surface area contributed by atoms with Gasteiger partial charge in [0.15, 0.2) is 12.4 Å². The molecule has 2 aliphatic carbocycles. The topological polar surface area (TPSA) is 80.8 Å². The van der Waals surface area contributed by atoms with Gasteiger partial charge in [0.1, 0.15) is 6.54 Å². The Morgan fingerprint density at radius 2 is 1.54 bits per heavy atom. The zero-order valence-electron chi connectivity index (χ0n) is 14.5. The van der Waals surface area contributed by atoms with E-state index in [0.29, 0.717) is 5.56 Å². The highest BCUT2D eigenvalue weighted by molar-refractivity contribution is 9.12. The van der Waals surface area contributed by atoms with E-state index in [2.05, 4.69) is 47.8 Å². The monoisotopic (exact) mass is 575 g/mol. The van der Waals surface area contributed by atoms with Gasteiger partial charge in [-0.05, 0) is 30.4 Å². The predicted molar refractivity (Wildman–Crippen MR) is 110 cm³/mol. The lowest BCUT2D eigenvalue weighted by Gasteiger charge is -2.28. The first-order valence-electron chi connectivity index (χ1n) is 8.87. The minimum Gasteiger partial charge on any atom is -0.456 e. The molecule has 3 fully saturated rings. The third-order valence-corrected chi connectivity index (χ3v) is 9.63. The number of benzene rings is 1. The van der Waals surface area contributed by atoms with Gasteiger partial charge in [-0.15, -0.1) is 0 Å². The summed E-state index contributed by atoms with van der Waals surface area (Å²) >= 11 is 10.5. The first-order valence-corrected chi connectivity index (χ1v) is 11.5. The van der Waals surface area contributed by atoms with Gasteiger partial charge in [-0.25, -0.2) is 0 Å². The minimum absolute atomic E-state index is 0.0934. The van der Waals surface area contributed by atoms with Gasteiger partial charge in [0.05, 0.1) is 11.8 Å². The van der Waals surface area contributed by atoms with Crippen LogP contribution in [0.4, 0.5) is 0 Å². The number of likely N-dealkylation sites (tertiary alicyclic amines) is 1. The van der Waals surface area contributed by atoms with Crippen molar-refractivity contribution in [3.8, 4) is 0 Å². The number of hydrogen-bond acceptors (Lipinski definition) is 5. The number of carbonyl (C=O) groups is 4. The summed E-state index contributed by atoms with van der Waals surface area (Å²) in [6.07, 6.45) is 0.832. The molecule has 148 valence electrons. The van der Waals surface area contributed by atoms with Gasteiger partial charge in [-0.1, -0.05) is 59.9 Å². The molecule has 6 atom stereocenters. The lowest BCUT2D eigenvalue weighted by Crippen LogP contribution is -2.38. The maximum Gasteiger partial charge on any atom is 0.326 e. The fourth-order valence-electron chi connectivity index (χ4n) is 4.61.